The highest BCUT2D eigenvalue weighted by Gasteiger charge is 2.18. The molecule has 5 heteroatoms. The Hall–Kier alpha value is -2.14. The van der Waals surface area contributed by atoms with Crippen LogP contribution in [0, 0.1) is 12.7 Å². The quantitative estimate of drug-likeness (QED) is 0.724. The fourth-order valence-corrected chi connectivity index (χ4v) is 2.56. The molecule has 3 nitrogen and oxygen atoms in total. The van der Waals surface area contributed by atoms with Crippen LogP contribution >= 0.6 is 15.9 Å². The van der Waals surface area contributed by atoms with Gasteiger partial charge in [-0.2, -0.15) is 0 Å². The number of hydrogen-bond acceptors (Lipinski definition) is 3. The SMILES string of the molecule is Cc1ccc(-c2noc(N)c2-c2cccc(Br)c2)cc1F. The number of benzene rings is 2. The number of rotatable bonds is 2. The van der Waals surface area contributed by atoms with E-state index in [1.54, 1.807) is 19.1 Å². The van der Waals surface area contributed by atoms with E-state index in [1.165, 1.54) is 6.07 Å². The zero-order valence-electron chi connectivity index (χ0n) is 11.2. The van der Waals surface area contributed by atoms with Crippen molar-refractivity contribution in [1.29, 1.82) is 0 Å². The Morgan fingerprint density at radius 2 is 1.95 bits per heavy atom. The van der Waals surface area contributed by atoms with E-state index < -0.39 is 0 Å². The standard InChI is InChI=1S/C16H12BrFN2O/c1-9-5-6-11(8-13(9)18)15-14(16(19)21-20-15)10-3-2-4-12(17)7-10/h2-8H,19H2,1H3. The lowest BCUT2D eigenvalue weighted by atomic mass is 10.00. The van der Waals surface area contributed by atoms with Crippen molar-refractivity contribution in [2.75, 3.05) is 5.73 Å². The van der Waals surface area contributed by atoms with Gasteiger partial charge in [0.05, 0.1) is 5.56 Å². The predicted octanol–water partition coefficient (Wildman–Crippen LogP) is 4.80. The van der Waals surface area contributed by atoms with Gasteiger partial charge in [-0.25, -0.2) is 4.39 Å². The van der Waals surface area contributed by atoms with E-state index in [-0.39, 0.29) is 11.7 Å². The number of nitrogens with two attached hydrogens (primary N) is 1. The predicted molar refractivity (Wildman–Crippen MR) is 84.2 cm³/mol. The van der Waals surface area contributed by atoms with Crippen molar-refractivity contribution in [3.8, 4) is 22.4 Å². The Morgan fingerprint density at radius 3 is 2.67 bits per heavy atom. The molecule has 0 bridgehead atoms. The van der Waals surface area contributed by atoms with Crippen LogP contribution < -0.4 is 5.73 Å². The van der Waals surface area contributed by atoms with E-state index in [2.05, 4.69) is 21.1 Å². The van der Waals surface area contributed by atoms with Crippen molar-refractivity contribution >= 4 is 21.8 Å². The Morgan fingerprint density at radius 1 is 1.14 bits per heavy atom. The van der Waals surface area contributed by atoms with Crippen molar-refractivity contribution in [2.45, 2.75) is 6.92 Å². The minimum absolute atomic E-state index is 0.212. The summed E-state index contributed by atoms with van der Waals surface area (Å²) in [6, 6.07) is 12.6. The molecule has 0 saturated heterocycles. The maximum Gasteiger partial charge on any atom is 0.230 e. The molecule has 3 rings (SSSR count). The maximum absolute atomic E-state index is 13.8. The van der Waals surface area contributed by atoms with Gasteiger partial charge in [-0.15, -0.1) is 0 Å². The van der Waals surface area contributed by atoms with Gasteiger partial charge in [0.1, 0.15) is 11.5 Å². The lowest BCUT2D eigenvalue weighted by molar-refractivity contribution is 0.439. The molecule has 0 aliphatic heterocycles. The lowest BCUT2D eigenvalue weighted by Crippen LogP contribution is -1.89. The second-order valence-electron chi connectivity index (χ2n) is 4.74. The maximum atomic E-state index is 13.8. The summed E-state index contributed by atoms with van der Waals surface area (Å²) in [6.07, 6.45) is 0. The second kappa shape index (κ2) is 5.33. The first-order valence-corrected chi connectivity index (χ1v) is 7.13. The molecule has 106 valence electrons. The Labute approximate surface area is 129 Å². The molecule has 0 aliphatic carbocycles. The van der Waals surface area contributed by atoms with Gasteiger partial charge < -0.3 is 10.3 Å². The molecule has 0 amide bonds. The molecule has 0 spiro atoms. The van der Waals surface area contributed by atoms with Crippen molar-refractivity contribution in [1.82, 2.24) is 5.16 Å². The van der Waals surface area contributed by atoms with Crippen LogP contribution in [-0.4, -0.2) is 5.16 Å². The van der Waals surface area contributed by atoms with Crippen LogP contribution in [0.2, 0.25) is 0 Å². The van der Waals surface area contributed by atoms with Gasteiger partial charge in [0.25, 0.3) is 0 Å². The third-order valence-electron chi connectivity index (χ3n) is 3.28. The van der Waals surface area contributed by atoms with E-state index in [9.17, 15) is 4.39 Å². The number of hydrogen-bond donors (Lipinski definition) is 1. The molecule has 3 aromatic rings. The third-order valence-corrected chi connectivity index (χ3v) is 3.77. The molecule has 1 aromatic heterocycles. The summed E-state index contributed by atoms with van der Waals surface area (Å²) in [7, 11) is 0. The summed E-state index contributed by atoms with van der Waals surface area (Å²) in [5.41, 5.74) is 9.16. The number of anilines is 1. The molecule has 0 atom stereocenters. The minimum Gasteiger partial charge on any atom is -0.367 e. The van der Waals surface area contributed by atoms with Gasteiger partial charge in [-0.05, 0) is 36.2 Å². The fraction of sp³-hybridized carbons (Fsp3) is 0.0625. The zero-order valence-corrected chi connectivity index (χ0v) is 12.8. The van der Waals surface area contributed by atoms with Crippen LogP contribution in [0.4, 0.5) is 10.3 Å². The van der Waals surface area contributed by atoms with E-state index in [4.69, 9.17) is 10.3 Å². The fourth-order valence-electron chi connectivity index (χ4n) is 2.16. The normalized spacial score (nSPS) is 10.8. The summed E-state index contributed by atoms with van der Waals surface area (Å²) in [6.45, 7) is 1.71. The average Bonchev–Trinajstić information content (AvgIpc) is 2.84. The molecule has 0 saturated carbocycles. The summed E-state index contributed by atoms with van der Waals surface area (Å²) < 4.78 is 19.8. The largest absolute Gasteiger partial charge is 0.367 e. The second-order valence-corrected chi connectivity index (χ2v) is 5.66. The summed E-state index contributed by atoms with van der Waals surface area (Å²) >= 11 is 3.42. The Balaban J connectivity index is 2.19. The molecule has 2 aromatic carbocycles. The number of aromatic nitrogens is 1. The van der Waals surface area contributed by atoms with Crippen LogP contribution in [0.3, 0.4) is 0 Å². The van der Waals surface area contributed by atoms with Crippen LogP contribution in [-0.2, 0) is 0 Å². The summed E-state index contributed by atoms with van der Waals surface area (Å²) in [5.74, 6) is -0.0710. The number of nitrogens with zero attached hydrogens (tertiary/aromatic N) is 1. The molecule has 1 heterocycles. The first-order valence-electron chi connectivity index (χ1n) is 6.34. The van der Waals surface area contributed by atoms with E-state index in [0.29, 0.717) is 22.4 Å². The molecular weight excluding hydrogens is 335 g/mol. The van der Waals surface area contributed by atoms with Crippen molar-refractivity contribution < 1.29 is 8.91 Å². The smallest absolute Gasteiger partial charge is 0.230 e. The first kappa shape index (κ1) is 13.8. The lowest BCUT2D eigenvalue weighted by Gasteiger charge is -2.05. The van der Waals surface area contributed by atoms with Crippen LogP contribution in [0.5, 0.6) is 0 Å². The third kappa shape index (κ3) is 2.56. The molecular formula is C16H12BrFN2O. The highest BCUT2D eigenvalue weighted by Crippen LogP contribution is 2.37. The highest BCUT2D eigenvalue weighted by atomic mass is 79.9. The summed E-state index contributed by atoms with van der Waals surface area (Å²) in [4.78, 5) is 0. The Bertz CT molecular complexity index is 814. The van der Waals surface area contributed by atoms with E-state index in [0.717, 1.165) is 10.0 Å². The number of nitrogen functional groups attached to an aromatic ring is 1. The molecule has 0 fully saturated rings. The van der Waals surface area contributed by atoms with Gasteiger partial charge in [0, 0.05) is 10.0 Å². The van der Waals surface area contributed by atoms with Crippen molar-refractivity contribution in [3.05, 3.63) is 58.3 Å². The van der Waals surface area contributed by atoms with E-state index in [1.807, 2.05) is 24.3 Å². The van der Waals surface area contributed by atoms with Crippen LogP contribution in [0.25, 0.3) is 22.4 Å². The zero-order chi connectivity index (χ0) is 15.0. The molecule has 21 heavy (non-hydrogen) atoms. The molecule has 0 radical (unpaired) electrons. The van der Waals surface area contributed by atoms with Crippen LogP contribution in [0.1, 0.15) is 5.56 Å². The van der Waals surface area contributed by atoms with Gasteiger partial charge in [-0.3, -0.25) is 0 Å². The molecule has 0 aliphatic rings. The van der Waals surface area contributed by atoms with Crippen LogP contribution in [0.15, 0.2) is 51.5 Å². The van der Waals surface area contributed by atoms with Gasteiger partial charge in [0.15, 0.2) is 0 Å². The number of aryl methyl sites for hydroxylation is 1. The number of halogens is 2. The summed E-state index contributed by atoms with van der Waals surface area (Å²) in [5, 5.41) is 3.98. The monoisotopic (exact) mass is 346 g/mol. The van der Waals surface area contributed by atoms with Gasteiger partial charge in [0.2, 0.25) is 5.88 Å². The first-order chi connectivity index (χ1) is 10.1. The van der Waals surface area contributed by atoms with Gasteiger partial charge in [-0.1, -0.05) is 45.4 Å². The van der Waals surface area contributed by atoms with Crippen molar-refractivity contribution in [2.24, 2.45) is 0 Å². The highest BCUT2D eigenvalue weighted by molar-refractivity contribution is 9.10. The average molecular weight is 347 g/mol. The topological polar surface area (TPSA) is 52.0 Å². The Kier molecular flexibility index (Phi) is 3.51. The molecule has 0 unspecified atom stereocenters. The molecule has 2 N–H and O–H groups in total. The minimum atomic E-state index is -0.283. The van der Waals surface area contributed by atoms with Crippen molar-refractivity contribution in [3.63, 3.8) is 0 Å². The van der Waals surface area contributed by atoms with E-state index >= 15 is 0 Å². The van der Waals surface area contributed by atoms with Gasteiger partial charge >= 0.3 is 0 Å².